The molecule has 6 aromatic carbocycles. The average molecular weight is 1540 g/mol. The maximum atomic E-state index is 13.6. The van der Waals surface area contributed by atoms with Gasteiger partial charge in [0.05, 0.1) is 80.9 Å². The summed E-state index contributed by atoms with van der Waals surface area (Å²) in [7, 11) is 6.09. The third kappa shape index (κ3) is 18.5. The molecule has 0 bridgehead atoms. The first-order valence-electron chi connectivity index (χ1n) is 38.3. The molecule has 12 aromatic rings. The number of likely N-dealkylation sites (N-methyl/N-ethyl adjacent to an activating group) is 3. The second kappa shape index (κ2) is 34.3. The van der Waals surface area contributed by atoms with Crippen molar-refractivity contribution in [2.45, 2.75) is 77.6 Å². The zero-order valence-electron chi connectivity index (χ0n) is 64.4. The molecule has 16 rings (SSSR count). The molecule has 586 valence electrons. The number of H-pyrrole nitrogens is 3. The van der Waals surface area contributed by atoms with Crippen LogP contribution in [-0.4, -0.2) is 207 Å². The predicted octanol–water partition coefficient (Wildman–Crippen LogP) is 13.8. The van der Waals surface area contributed by atoms with Crippen molar-refractivity contribution in [2.24, 2.45) is 0 Å². The van der Waals surface area contributed by atoms with E-state index in [1.165, 1.54) is 55.0 Å². The molecule has 1 aliphatic carbocycles. The SMILES string of the molecule is CC(C)n1cnc(-c2ccc(F)cc2)c1-c1ncc(C(=O)Nc2ccc(N3CCN(C)CC3)cc2)[nH]1.CC(C)n1cnc(-c2ccc(F)cc2)c1-c1ncc(C(=O)Nc2ccc(N3CC[N+](C)(O)CC3)cc2)[nH]1.CN1CCN(c2ccc(NC(=O)c3cnc(-c4c(-c5ccc(F)cc5)ncn4C4CCC(O)CC4)[nH]3)cc2)CC1. The molecule has 3 saturated heterocycles. The van der Waals surface area contributed by atoms with E-state index < -0.39 is 0 Å². The fourth-order valence-electron chi connectivity index (χ4n) is 14.5. The maximum Gasteiger partial charge on any atom is 0.273 e. The third-order valence-electron chi connectivity index (χ3n) is 21.2. The maximum absolute atomic E-state index is 13.6. The van der Waals surface area contributed by atoms with Crippen LogP contribution in [0.1, 0.15) is 103 Å². The van der Waals surface area contributed by atoms with Gasteiger partial charge >= 0.3 is 0 Å². The van der Waals surface area contributed by atoms with Crippen molar-refractivity contribution in [3.8, 4) is 68.3 Å². The minimum absolute atomic E-state index is 0.0418. The lowest BCUT2D eigenvalue weighted by atomic mass is 9.92. The fraction of sp³-hybridized carbons (Fsp3) is 0.321. The number of anilines is 6. The smallest absolute Gasteiger partial charge is 0.273 e. The van der Waals surface area contributed by atoms with Crippen LogP contribution in [-0.2, 0) is 0 Å². The number of benzene rings is 6. The van der Waals surface area contributed by atoms with Gasteiger partial charge in [0, 0.05) is 121 Å². The van der Waals surface area contributed by atoms with Gasteiger partial charge in [-0.2, -0.15) is 4.65 Å². The van der Waals surface area contributed by atoms with Crippen LogP contribution < -0.4 is 30.7 Å². The van der Waals surface area contributed by atoms with Gasteiger partial charge in [-0.1, -0.05) is 0 Å². The Balaban J connectivity index is 0.000000141. The second-order valence-corrected chi connectivity index (χ2v) is 30.0. The molecule has 0 radical (unpaired) electrons. The molecule has 113 heavy (non-hydrogen) atoms. The Morgan fingerprint density at radius 2 is 0.735 bits per heavy atom. The highest BCUT2D eigenvalue weighted by molar-refractivity contribution is 6.05. The number of piperazine rings is 3. The number of carbonyl (C=O) groups excluding carboxylic acids is 3. The first-order valence-corrected chi connectivity index (χ1v) is 38.3. The first-order chi connectivity index (χ1) is 54.5. The molecule has 4 fully saturated rings. The van der Waals surface area contributed by atoms with Crippen LogP contribution in [0.15, 0.2) is 183 Å². The number of halogens is 3. The second-order valence-electron chi connectivity index (χ2n) is 30.0. The zero-order chi connectivity index (χ0) is 79.0. The Morgan fingerprint density at radius 3 is 1.07 bits per heavy atom. The minimum Gasteiger partial charge on any atom is -0.393 e. The predicted molar refractivity (Wildman–Crippen MR) is 432 cm³/mol. The van der Waals surface area contributed by atoms with E-state index in [1.54, 1.807) is 55.4 Å². The van der Waals surface area contributed by atoms with Gasteiger partial charge in [-0.25, -0.2) is 48.3 Å². The van der Waals surface area contributed by atoms with Crippen LogP contribution in [0.25, 0.3) is 68.3 Å². The minimum atomic E-state index is -0.320. The first kappa shape index (κ1) is 77.7. The number of amides is 3. The van der Waals surface area contributed by atoms with Crippen molar-refractivity contribution in [1.82, 2.24) is 68.4 Å². The molecule has 8 N–H and O–H groups in total. The lowest BCUT2D eigenvalue weighted by molar-refractivity contribution is -1.09. The number of carbonyl (C=O) groups is 3. The number of imidazole rings is 6. The quantitative estimate of drug-likeness (QED) is 0.0371. The number of aromatic nitrogens is 12. The van der Waals surface area contributed by atoms with Crippen LogP contribution in [0.3, 0.4) is 0 Å². The number of quaternary nitrogens is 1. The molecule has 29 heteroatoms. The number of hydrogen-bond donors (Lipinski definition) is 8. The Labute approximate surface area is 653 Å². The Bertz CT molecular complexity index is 5190. The third-order valence-corrected chi connectivity index (χ3v) is 21.2. The number of nitrogens with one attached hydrogen (secondary N) is 6. The van der Waals surface area contributed by atoms with E-state index in [4.69, 9.17) is 0 Å². The van der Waals surface area contributed by atoms with Crippen molar-refractivity contribution in [2.75, 3.05) is 130 Å². The summed E-state index contributed by atoms with van der Waals surface area (Å²) in [5.74, 6) is -0.281. The molecule has 0 atom stereocenters. The lowest BCUT2D eigenvalue weighted by Crippen LogP contribution is -2.55. The van der Waals surface area contributed by atoms with Gasteiger partial charge in [0.15, 0.2) is 17.5 Å². The fourth-order valence-corrected chi connectivity index (χ4v) is 14.5. The van der Waals surface area contributed by atoms with E-state index in [9.17, 15) is 37.9 Å². The number of aliphatic hydroxyl groups excluding tert-OH is 1. The van der Waals surface area contributed by atoms with Crippen molar-refractivity contribution >= 4 is 51.8 Å². The summed E-state index contributed by atoms with van der Waals surface area (Å²) in [6, 6.07) is 42.4. The summed E-state index contributed by atoms with van der Waals surface area (Å²) < 4.78 is 46.7. The number of aliphatic hydroxyl groups is 1. The highest BCUT2D eigenvalue weighted by Gasteiger charge is 2.31. The summed E-state index contributed by atoms with van der Waals surface area (Å²) in [6.07, 6.45) is 12.6. The van der Waals surface area contributed by atoms with Crippen molar-refractivity contribution in [3.63, 3.8) is 0 Å². The highest BCUT2D eigenvalue weighted by Crippen LogP contribution is 2.39. The highest BCUT2D eigenvalue weighted by atomic mass is 19.1. The largest absolute Gasteiger partial charge is 0.393 e. The monoisotopic (exact) mass is 1530 g/mol. The van der Waals surface area contributed by atoms with Crippen LogP contribution >= 0.6 is 0 Å². The van der Waals surface area contributed by atoms with Gasteiger partial charge in [-0.15, -0.1) is 0 Å². The van der Waals surface area contributed by atoms with E-state index in [1.807, 2.05) is 117 Å². The molecule has 3 amide bonds. The van der Waals surface area contributed by atoms with Crippen LogP contribution in [0.2, 0.25) is 0 Å². The van der Waals surface area contributed by atoms with Crippen LogP contribution in [0.4, 0.5) is 47.3 Å². The normalized spacial score (nSPS) is 16.7. The van der Waals surface area contributed by atoms with Crippen molar-refractivity contribution < 1.29 is 42.5 Å². The summed E-state index contributed by atoms with van der Waals surface area (Å²) in [4.78, 5) is 87.4. The molecule has 6 aromatic heterocycles. The molecule has 9 heterocycles. The number of hydrogen-bond acceptors (Lipinski definition) is 16. The molecule has 1 saturated carbocycles. The van der Waals surface area contributed by atoms with Gasteiger partial charge in [0.1, 0.15) is 64.7 Å². The van der Waals surface area contributed by atoms with E-state index in [0.29, 0.717) is 94.6 Å². The van der Waals surface area contributed by atoms with E-state index in [0.717, 1.165) is 129 Å². The molecular formula is C84H95F3N21O5+. The zero-order valence-corrected chi connectivity index (χ0v) is 64.4. The summed E-state index contributed by atoms with van der Waals surface area (Å²) in [5.41, 5.74) is 12.9. The van der Waals surface area contributed by atoms with Gasteiger partial charge in [-0.3, -0.25) is 14.4 Å². The van der Waals surface area contributed by atoms with Gasteiger partial charge in [-0.05, 0) is 213 Å². The van der Waals surface area contributed by atoms with E-state index >= 15 is 0 Å². The van der Waals surface area contributed by atoms with Gasteiger partial charge in [0.25, 0.3) is 17.7 Å². The Morgan fingerprint density at radius 1 is 0.425 bits per heavy atom. The Hall–Kier alpha value is -12.0. The summed E-state index contributed by atoms with van der Waals surface area (Å²) in [5, 5.41) is 29.0. The van der Waals surface area contributed by atoms with Crippen molar-refractivity contribution in [1.29, 1.82) is 0 Å². The number of hydroxylamine groups is 3. The topological polar surface area (TPSA) is 283 Å². The number of aromatic amines is 3. The van der Waals surface area contributed by atoms with Crippen LogP contribution in [0, 0.1) is 17.5 Å². The molecule has 26 nitrogen and oxygen atoms in total. The molecule has 4 aliphatic rings. The van der Waals surface area contributed by atoms with E-state index in [-0.39, 0.29) is 64.0 Å². The average Bonchev–Trinajstić information content (AvgIpc) is 1.63. The lowest BCUT2D eigenvalue weighted by Gasteiger charge is -2.37. The number of nitrogens with zero attached hydrogens (tertiary/aromatic N) is 15. The van der Waals surface area contributed by atoms with Crippen molar-refractivity contribution in [3.05, 3.63) is 218 Å². The van der Waals surface area contributed by atoms with E-state index in [2.05, 4.69) is 104 Å². The van der Waals surface area contributed by atoms with Gasteiger partial charge in [0.2, 0.25) is 0 Å². The molecule has 3 aliphatic heterocycles. The summed E-state index contributed by atoms with van der Waals surface area (Å²) in [6.45, 7) is 19.1. The van der Waals surface area contributed by atoms with Gasteiger partial charge < -0.3 is 74.2 Å². The molecule has 0 unspecified atom stereocenters. The Kier molecular flexibility index (Phi) is 23.6. The molecule has 0 spiro atoms. The number of rotatable bonds is 18. The van der Waals surface area contributed by atoms with Crippen LogP contribution in [0.5, 0.6) is 0 Å². The molecular weight excluding hydrogens is 1440 g/mol. The standard InChI is InChI=1S/C30H34FN7O2.C27H30FN7O2.C27H30FN7O/c1-36-14-16-37(17-15-36)23-8-6-22(7-9-23)34-30(40)26-18-32-29(35-26)28-27(20-2-4-21(31)5-3-20)33-19-38(28)24-10-12-25(39)13-11-24;1-18(2)34-17-30-24(19-4-6-20(28)7-5-19)25(34)26-29-16-23(32-26)27(36)31-21-8-10-22(11-9-21)33-12-14-35(3,37)15-13-33;1-18(2)35-17-30-24(19-4-6-20(28)7-5-19)25(35)26-29-16-23(32-26)27(36)31-21-8-10-22(11-9-21)34-14-12-33(3)13-15-34/h2-9,18-19,24-25,39H,10-17H2,1H3,(H,32,35)(H,34,40);4-11,16-18,37H,12-15H2,1-3H3,(H-,29,31,32,36);4-11,16-18H,12-15H2,1-3H3,(H,29,32)(H,31,36)/p+1. The summed E-state index contributed by atoms with van der Waals surface area (Å²) >= 11 is 0.